The molecule has 1 N–H and O–H groups in total. The van der Waals surface area contributed by atoms with Crippen molar-refractivity contribution in [1.82, 2.24) is 0 Å². The molecule has 0 bridgehead atoms. The van der Waals surface area contributed by atoms with E-state index in [1.165, 1.54) is 0 Å². The normalized spacial score (nSPS) is 14.0. The van der Waals surface area contributed by atoms with Gasteiger partial charge in [-0.1, -0.05) is 0 Å². The summed E-state index contributed by atoms with van der Waals surface area (Å²) in [5.41, 5.74) is -2.06. The topological polar surface area (TPSA) is 37.3 Å². The SMILES string of the molecule is O=[PH](O)c1cc(F)c(C(F)(F)F)c(F)c1. The van der Waals surface area contributed by atoms with Gasteiger partial charge in [-0.05, 0) is 12.1 Å². The molecule has 2 nitrogen and oxygen atoms in total. The summed E-state index contributed by atoms with van der Waals surface area (Å²) in [6, 6.07) is 0.403. The van der Waals surface area contributed by atoms with Gasteiger partial charge in [-0.3, -0.25) is 4.57 Å². The van der Waals surface area contributed by atoms with E-state index >= 15 is 0 Å². The molecule has 1 atom stereocenters. The molecule has 0 spiro atoms. The standard InChI is InChI=1S/C7H4F5O2P/c8-4-1-3(15(13)14)2-5(9)6(4)7(10,11)12/h1-2,15H,(H,13,14). The van der Waals surface area contributed by atoms with Crippen molar-refractivity contribution in [3.63, 3.8) is 0 Å². The number of rotatable bonds is 1. The Morgan fingerprint density at radius 3 is 1.80 bits per heavy atom. The van der Waals surface area contributed by atoms with Crippen molar-refractivity contribution in [2.75, 3.05) is 0 Å². The minimum Gasteiger partial charge on any atom is -0.343 e. The molecule has 0 saturated carbocycles. The summed E-state index contributed by atoms with van der Waals surface area (Å²) >= 11 is 0. The summed E-state index contributed by atoms with van der Waals surface area (Å²) in [5, 5.41) is -0.692. The van der Waals surface area contributed by atoms with E-state index in [1.807, 2.05) is 0 Å². The van der Waals surface area contributed by atoms with Crippen molar-refractivity contribution in [3.8, 4) is 0 Å². The van der Waals surface area contributed by atoms with Gasteiger partial charge in [0.05, 0.1) is 0 Å². The molecular weight excluding hydrogens is 242 g/mol. The molecule has 0 heterocycles. The fourth-order valence-corrected chi connectivity index (χ4v) is 1.47. The summed E-state index contributed by atoms with van der Waals surface area (Å²) in [6.45, 7) is 0. The van der Waals surface area contributed by atoms with Gasteiger partial charge in [0.2, 0.25) is 8.03 Å². The molecule has 1 aromatic rings. The van der Waals surface area contributed by atoms with Crippen LogP contribution in [0.4, 0.5) is 22.0 Å². The Balaban J connectivity index is 3.41. The monoisotopic (exact) mass is 246 g/mol. The van der Waals surface area contributed by atoms with Gasteiger partial charge in [0.15, 0.2) is 0 Å². The van der Waals surface area contributed by atoms with Crippen LogP contribution in [-0.2, 0) is 10.7 Å². The largest absolute Gasteiger partial charge is 0.422 e. The molecule has 84 valence electrons. The third kappa shape index (κ3) is 2.54. The second kappa shape index (κ2) is 3.90. The van der Waals surface area contributed by atoms with E-state index in [9.17, 15) is 26.5 Å². The molecule has 0 aliphatic carbocycles. The van der Waals surface area contributed by atoms with Crippen LogP contribution < -0.4 is 5.30 Å². The van der Waals surface area contributed by atoms with Crippen molar-refractivity contribution in [3.05, 3.63) is 29.3 Å². The van der Waals surface area contributed by atoms with Crippen molar-refractivity contribution in [1.29, 1.82) is 0 Å². The smallest absolute Gasteiger partial charge is 0.343 e. The second-order valence-corrected chi connectivity index (χ2v) is 3.81. The van der Waals surface area contributed by atoms with Crippen LogP contribution >= 0.6 is 8.03 Å². The van der Waals surface area contributed by atoms with Gasteiger partial charge >= 0.3 is 6.18 Å². The van der Waals surface area contributed by atoms with Crippen LogP contribution in [0.3, 0.4) is 0 Å². The lowest BCUT2D eigenvalue weighted by Crippen LogP contribution is -2.14. The van der Waals surface area contributed by atoms with Crippen LogP contribution in [0.25, 0.3) is 0 Å². The maximum atomic E-state index is 12.8. The Hall–Kier alpha value is -0.940. The summed E-state index contributed by atoms with van der Waals surface area (Å²) < 4.78 is 72.1. The Bertz CT molecular complexity index is 391. The van der Waals surface area contributed by atoms with Gasteiger partial charge < -0.3 is 4.89 Å². The molecule has 8 heteroatoms. The summed E-state index contributed by atoms with van der Waals surface area (Å²) in [6.07, 6.45) is -5.17. The van der Waals surface area contributed by atoms with Crippen molar-refractivity contribution in [2.45, 2.75) is 6.18 Å². The van der Waals surface area contributed by atoms with Crippen LogP contribution in [-0.4, -0.2) is 4.89 Å². The molecule has 1 unspecified atom stereocenters. The van der Waals surface area contributed by atoms with E-state index in [-0.39, 0.29) is 12.1 Å². The maximum absolute atomic E-state index is 12.8. The zero-order valence-electron chi connectivity index (χ0n) is 6.90. The van der Waals surface area contributed by atoms with E-state index in [2.05, 4.69) is 0 Å². The maximum Gasteiger partial charge on any atom is 0.422 e. The van der Waals surface area contributed by atoms with Gasteiger partial charge in [0, 0.05) is 5.30 Å². The molecule has 0 saturated heterocycles. The van der Waals surface area contributed by atoms with E-state index in [4.69, 9.17) is 4.89 Å². The Kier molecular flexibility index (Phi) is 3.16. The van der Waals surface area contributed by atoms with Gasteiger partial charge in [0.1, 0.15) is 17.2 Å². The zero-order valence-corrected chi connectivity index (χ0v) is 7.90. The minimum atomic E-state index is -5.17. The van der Waals surface area contributed by atoms with Gasteiger partial charge in [-0.15, -0.1) is 0 Å². The molecule has 0 aromatic heterocycles. The summed E-state index contributed by atoms with van der Waals surface area (Å²) in [5.74, 6) is -3.80. The van der Waals surface area contributed by atoms with Crippen LogP contribution in [0.5, 0.6) is 0 Å². The predicted molar refractivity (Wildman–Crippen MR) is 42.2 cm³/mol. The molecule has 0 radical (unpaired) electrons. The van der Waals surface area contributed by atoms with Gasteiger partial charge in [-0.2, -0.15) is 13.2 Å². The van der Waals surface area contributed by atoms with E-state index in [0.717, 1.165) is 0 Å². The number of alkyl halides is 3. The second-order valence-electron chi connectivity index (χ2n) is 2.62. The van der Waals surface area contributed by atoms with E-state index in [1.54, 1.807) is 0 Å². The molecule has 0 aliphatic rings. The van der Waals surface area contributed by atoms with Gasteiger partial charge in [0.25, 0.3) is 0 Å². The number of benzene rings is 1. The molecule has 0 fully saturated rings. The van der Waals surface area contributed by atoms with E-state index in [0.29, 0.717) is 0 Å². The minimum absolute atomic E-state index is 0.202. The molecule has 1 rings (SSSR count). The lowest BCUT2D eigenvalue weighted by molar-refractivity contribution is -0.142. The number of halogens is 5. The predicted octanol–water partition coefficient (Wildman–Crippen LogP) is 2.08. The first-order valence-electron chi connectivity index (χ1n) is 3.53. The first-order chi connectivity index (χ1) is 6.73. The summed E-state index contributed by atoms with van der Waals surface area (Å²) in [7, 11) is -3.42. The highest BCUT2D eigenvalue weighted by atomic mass is 31.1. The number of hydrogen-bond acceptors (Lipinski definition) is 1. The van der Waals surface area contributed by atoms with Crippen LogP contribution in [0.1, 0.15) is 5.56 Å². The van der Waals surface area contributed by atoms with Gasteiger partial charge in [-0.25, -0.2) is 8.78 Å². The highest BCUT2D eigenvalue weighted by molar-refractivity contribution is 7.47. The Morgan fingerprint density at radius 2 is 1.53 bits per heavy atom. The van der Waals surface area contributed by atoms with Crippen LogP contribution in [0, 0.1) is 11.6 Å². The Labute approximate surface area is 81.2 Å². The van der Waals surface area contributed by atoms with Crippen molar-refractivity contribution in [2.24, 2.45) is 0 Å². The van der Waals surface area contributed by atoms with Crippen molar-refractivity contribution >= 4 is 13.3 Å². The number of hydrogen-bond donors (Lipinski definition) is 1. The highest BCUT2D eigenvalue weighted by Crippen LogP contribution is 2.33. The molecule has 15 heavy (non-hydrogen) atoms. The molecule has 0 aliphatic heterocycles. The lowest BCUT2D eigenvalue weighted by atomic mass is 10.2. The molecular formula is C7H4F5O2P. The fourth-order valence-electron chi connectivity index (χ4n) is 0.967. The summed E-state index contributed by atoms with van der Waals surface area (Å²) in [4.78, 5) is 8.50. The average Bonchev–Trinajstić information content (AvgIpc) is 1.99. The zero-order chi connectivity index (χ0) is 11.8. The quantitative estimate of drug-likeness (QED) is 0.608. The third-order valence-electron chi connectivity index (χ3n) is 1.57. The first-order valence-corrected chi connectivity index (χ1v) is 4.88. The molecule has 1 aromatic carbocycles. The third-order valence-corrected chi connectivity index (χ3v) is 2.36. The molecule has 0 amide bonds. The fraction of sp³-hybridized carbons (Fsp3) is 0.143. The van der Waals surface area contributed by atoms with Crippen LogP contribution in [0.15, 0.2) is 12.1 Å². The lowest BCUT2D eigenvalue weighted by Gasteiger charge is -2.09. The average molecular weight is 246 g/mol. The van der Waals surface area contributed by atoms with E-state index < -0.39 is 36.7 Å². The first kappa shape index (κ1) is 12.1. The Morgan fingerprint density at radius 1 is 1.13 bits per heavy atom. The highest BCUT2D eigenvalue weighted by Gasteiger charge is 2.38. The van der Waals surface area contributed by atoms with Crippen LogP contribution in [0.2, 0.25) is 0 Å². The van der Waals surface area contributed by atoms with Crippen molar-refractivity contribution < 1.29 is 31.4 Å².